The number of anilines is 2. The van der Waals surface area contributed by atoms with Crippen molar-refractivity contribution in [1.82, 2.24) is 19.7 Å². The molecular weight excluding hydrogens is 354 g/mol. The second-order valence-corrected chi connectivity index (χ2v) is 6.22. The summed E-state index contributed by atoms with van der Waals surface area (Å²) in [5.41, 5.74) is 9.79. The van der Waals surface area contributed by atoms with Gasteiger partial charge in [0.1, 0.15) is 17.4 Å². The monoisotopic (exact) mass is 373 g/mol. The summed E-state index contributed by atoms with van der Waals surface area (Å²) in [5, 5.41) is 4.69. The van der Waals surface area contributed by atoms with Crippen molar-refractivity contribution in [2.45, 2.75) is 6.42 Å². The highest BCUT2D eigenvalue weighted by Crippen LogP contribution is 2.25. The first-order valence-electron chi connectivity index (χ1n) is 8.86. The van der Waals surface area contributed by atoms with E-state index in [1.807, 2.05) is 36.4 Å². The summed E-state index contributed by atoms with van der Waals surface area (Å²) in [6.07, 6.45) is 6.94. The van der Waals surface area contributed by atoms with Crippen molar-refractivity contribution in [3.8, 4) is 0 Å². The van der Waals surface area contributed by atoms with Crippen molar-refractivity contribution in [3.05, 3.63) is 61.1 Å². The van der Waals surface area contributed by atoms with E-state index in [9.17, 15) is 4.79 Å². The lowest BCUT2D eigenvalue weighted by molar-refractivity contribution is -0.114. The van der Waals surface area contributed by atoms with Crippen molar-refractivity contribution >= 4 is 40.4 Å². The van der Waals surface area contributed by atoms with Crippen LogP contribution >= 0.6 is 0 Å². The van der Waals surface area contributed by atoms with Gasteiger partial charge < -0.3 is 10.6 Å². The molecule has 0 aliphatic carbocycles. The third kappa shape index (κ3) is 3.16. The number of para-hydroxylation sites is 1. The lowest BCUT2D eigenvalue weighted by Gasteiger charge is -2.20. The number of nitrogens with zero attached hydrogens (tertiary/aromatic N) is 6. The maximum atomic E-state index is 12.4. The molecular formula is C20H19N7O. The number of aliphatic imine (C=N–C) groups is 1. The van der Waals surface area contributed by atoms with E-state index in [1.54, 1.807) is 15.8 Å². The van der Waals surface area contributed by atoms with Crippen LogP contribution < -0.4 is 10.6 Å². The normalized spacial score (nSPS) is 12.9. The van der Waals surface area contributed by atoms with E-state index in [2.05, 4.69) is 21.5 Å². The molecule has 4 rings (SSSR count). The predicted octanol–water partition coefficient (Wildman–Crippen LogP) is 2.10. The molecule has 0 saturated heterocycles. The Morgan fingerprint density at radius 3 is 2.82 bits per heavy atom. The zero-order valence-corrected chi connectivity index (χ0v) is 15.2. The van der Waals surface area contributed by atoms with Gasteiger partial charge in [-0.05, 0) is 24.3 Å². The van der Waals surface area contributed by atoms with Gasteiger partial charge in [-0.25, -0.2) is 14.6 Å². The lowest BCUT2D eigenvalue weighted by Crippen LogP contribution is -2.31. The van der Waals surface area contributed by atoms with Crippen molar-refractivity contribution in [2.24, 2.45) is 4.99 Å². The Labute approximate surface area is 161 Å². The molecule has 1 aliphatic rings. The largest absolute Gasteiger partial charge is 0.382 e. The van der Waals surface area contributed by atoms with Gasteiger partial charge in [-0.15, -0.1) is 0 Å². The quantitative estimate of drug-likeness (QED) is 0.667. The molecule has 3 heterocycles. The fourth-order valence-corrected chi connectivity index (χ4v) is 3.17. The summed E-state index contributed by atoms with van der Waals surface area (Å²) in [6, 6.07) is 9.47. The van der Waals surface area contributed by atoms with E-state index in [1.165, 1.54) is 12.4 Å². The number of amides is 1. The van der Waals surface area contributed by atoms with Crippen LogP contribution in [0.3, 0.4) is 0 Å². The summed E-state index contributed by atoms with van der Waals surface area (Å²) in [7, 11) is 0. The van der Waals surface area contributed by atoms with Gasteiger partial charge in [0, 0.05) is 24.9 Å². The number of nitrogens with two attached hydrogens (primary N) is 1. The molecule has 1 aromatic carbocycles. The molecule has 0 saturated carbocycles. The Kier molecular flexibility index (Phi) is 4.67. The van der Waals surface area contributed by atoms with Gasteiger partial charge in [0.25, 0.3) is 0 Å². The molecule has 1 aliphatic heterocycles. The highest BCUT2D eigenvalue weighted by Gasteiger charge is 2.20. The molecule has 2 aromatic heterocycles. The Balaban J connectivity index is 1.70. The molecule has 3 aromatic rings. The van der Waals surface area contributed by atoms with E-state index >= 15 is 0 Å². The van der Waals surface area contributed by atoms with Crippen molar-refractivity contribution in [2.75, 3.05) is 23.7 Å². The summed E-state index contributed by atoms with van der Waals surface area (Å²) in [5.74, 6) is 0.182. The number of hydrogen-bond acceptors (Lipinski definition) is 6. The maximum Gasteiger partial charge on any atom is 0.250 e. The first-order chi connectivity index (χ1) is 13.7. The molecule has 0 radical (unpaired) electrons. The van der Waals surface area contributed by atoms with Crippen molar-refractivity contribution in [3.63, 3.8) is 0 Å². The molecule has 1 amide bonds. The predicted molar refractivity (Wildman–Crippen MR) is 110 cm³/mol. The van der Waals surface area contributed by atoms with Crippen LogP contribution in [0.15, 0.2) is 60.4 Å². The van der Waals surface area contributed by atoms with Gasteiger partial charge in [-0.2, -0.15) is 5.10 Å². The molecule has 2 N–H and O–H groups in total. The van der Waals surface area contributed by atoms with E-state index in [0.717, 1.165) is 17.1 Å². The SMILES string of the molecule is C=CC(=O)N(CCc1nn(C2=CCN=C2)c2c(N)ncnc12)c1ccccc1. The number of aromatic nitrogens is 4. The number of rotatable bonds is 6. The van der Waals surface area contributed by atoms with Crippen LogP contribution in [0.5, 0.6) is 0 Å². The third-order valence-corrected chi connectivity index (χ3v) is 4.51. The van der Waals surface area contributed by atoms with E-state index in [0.29, 0.717) is 36.4 Å². The average Bonchev–Trinajstić information content (AvgIpc) is 3.37. The fourth-order valence-electron chi connectivity index (χ4n) is 3.17. The average molecular weight is 373 g/mol. The number of allylic oxidation sites excluding steroid dienone is 1. The minimum atomic E-state index is -0.172. The summed E-state index contributed by atoms with van der Waals surface area (Å²) in [6.45, 7) is 4.64. The molecule has 8 heteroatoms. The zero-order chi connectivity index (χ0) is 19.5. The number of carbonyl (C=O) groups excluding carboxylic acids is 1. The summed E-state index contributed by atoms with van der Waals surface area (Å²) in [4.78, 5) is 26.7. The van der Waals surface area contributed by atoms with Gasteiger partial charge in [-0.1, -0.05) is 24.8 Å². The van der Waals surface area contributed by atoms with Crippen LogP contribution in [0.4, 0.5) is 11.5 Å². The lowest BCUT2D eigenvalue weighted by atomic mass is 10.2. The second kappa shape index (κ2) is 7.43. The molecule has 0 fully saturated rings. The van der Waals surface area contributed by atoms with Gasteiger partial charge in [0.05, 0.1) is 17.9 Å². The Morgan fingerprint density at radius 2 is 2.11 bits per heavy atom. The Morgan fingerprint density at radius 1 is 1.29 bits per heavy atom. The molecule has 8 nitrogen and oxygen atoms in total. The first-order valence-corrected chi connectivity index (χ1v) is 8.86. The smallest absolute Gasteiger partial charge is 0.250 e. The maximum absolute atomic E-state index is 12.4. The topological polar surface area (TPSA) is 102 Å². The van der Waals surface area contributed by atoms with E-state index in [-0.39, 0.29) is 5.91 Å². The minimum absolute atomic E-state index is 0.172. The highest BCUT2D eigenvalue weighted by atomic mass is 16.2. The molecule has 140 valence electrons. The Bertz CT molecular complexity index is 1100. The molecule has 0 unspecified atom stereocenters. The zero-order valence-electron chi connectivity index (χ0n) is 15.2. The van der Waals surface area contributed by atoms with E-state index in [4.69, 9.17) is 10.8 Å². The van der Waals surface area contributed by atoms with Crippen LogP contribution in [-0.4, -0.2) is 45.0 Å². The summed E-state index contributed by atoms with van der Waals surface area (Å²) < 4.78 is 1.72. The van der Waals surface area contributed by atoms with Crippen molar-refractivity contribution in [1.29, 1.82) is 0 Å². The highest BCUT2D eigenvalue weighted by molar-refractivity contribution is 6.07. The van der Waals surface area contributed by atoms with Gasteiger partial charge in [0.15, 0.2) is 5.82 Å². The molecule has 0 spiro atoms. The van der Waals surface area contributed by atoms with Crippen LogP contribution in [0.2, 0.25) is 0 Å². The van der Waals surface area contributed by atoms with E-state index < -0.39 is 0 Å². The van der Waals surface area contributed by atoms with Gasteiger partial charge in [-0.3, -0.25) is 9.79 Å². The fraction of sp³-hybridized carbons (Fsp3) is 0.150. The number of benzene rings is 1. The standard InChI is InChI=1S/C20H19N7O/c1-2-17(28)26(14-6-4-3-5-7-14)11-9-16-18-19(20(21)24-13-23-18)27(25-16)15-8-10-22-12-15/h2-8,12-13H,1,9-11H2,(H2,21,23,24). The Hall–Kier alpha value is -3.81. The molecule has 0 atom stereocenters. The molecule has 28 heavy (non-hydrogen) atoms. The number of carbonyl (C=O) groups is 1. The first kappa shape index (κ1) is 17.6. The van der Waals surface area contributed by atoms with Crippen LogP contribution in [0.1, 0.15) is 5.69 Å². The van der Waals surface area contributed by atoms with Crippen LogP contribution in [-0.2, 0) is 11.2 Å². The number of fused-ring (bicyclic) bond motifs is 1. The minimum Gasteiger partial charge on any atom is -0.382 e. The van der Waals surface area contributed by atoms with Gasteiger partial charge in [0.2, 0.25) is 5.91 Å². The molecule has 0 bridgehead atoms. The number of hydrogen-bond donors (Lipinski definition) is 1. The van der Waals surface area contributed by atoms with Crippen LogP contribution in [0, 0.1) is 0 Å². The number of nitrogen functional groups attached to an aromatic ring is 1. The summed E-state index contributed by atoms with van der Waals surface area (Å²) >= 11 is 0. The third-order valence-electron chi connectivity index (χ3n) is 4.51. The second-order valence-electron chi connectivity index (χ2n) is 6.22. The van der Waals surface area contributed by atoms with Crippen LogP contribution in [0.25, 0.3) is 16.7 Å². The van der Waals surface area contributed by atoms with Gasteiger partial charge >= 0.3 is 0 Å². The van der Waals surface area contributed by atoms with Crippen molar-refractivity contribution < 1.29 is 4.79 Å².